The van der Waals surface area contributed by atoms with Gasteiger partial charge in [0, 0.05) is 12.6 Å². The third-order valence-electron chi connectivity index (χ3n) is 4.35. The second-order valence-electron chi connectivity index (χ2n) is 6.87. The van der Waals surface area contributed by atoms with Gasteiger partial charge in [-0.1, -0.05) is 6.42 Å². The number of hydrogen-bond acceptors (Lipinski definition) is 4. The molecule has 2 heterocycles. The summed E-state index contributed by atoms with van der Waals surface area (Å²) in [7, 11) is 0. The number of ketones is 1. The summed E-state index contributed by atoms with van der Waals surface area (Å²) in [6.07, 6.45) is 4.37. The Morgan fingerprint density at radius 2 is 2.00 bits per heavy atom. The van der Waals surface area contributed by atoms with Crippen molar-refractivity contribution in [3.63, 3.8) is 0 Å². The summed E-state index contributed by atoms with van der Waals surface area (Å²) in [5.41, 5.74) is 0.235. The summed E-state index contributed by atoms with van der Waals surface area (Å²) in [6.45, 7) is 7.88. The molecule has 120 valence electrons. The molecule has 1 aromatic rings. The molecule has 4 nitrogen and oxygen atoms in total. The minimum Gasteiger partial charge on any atom is -0.492 e. The van der Waals surface area contributed by atoms with Crippen molar-refractivity contribution >= 4 is 5.78 Å². The lowest BCUT2D eigenvalue weighted by atomic mass is 9.93. The van der Waals surface area contributed by atoms with E-state index in [1.54, 1.807) is 0 Å². The predicted molar refractivity (Wildman–Crippen MR) is 85.9 cm³/mol. The summed E-state index contributed by atoms with van der Waals surface area (Å²) in [5, 5.41) is 0. The third kappa shape index (κ3) is 3.61. The van der Waals surface area contributed by atoms with Gasteiger partial charge in [-0.25, -0.2) is 0 Å². The summed E-state index contributed by atoms with van der Waals surface area (Å²) in [6, 6.07) is 5.54. The number of ether oxygens (including phenoxy) is 2. The van der Waals surface area contributed by atoms with E-state index in [0.717, 1.165) is 12.3 Å². The molecule has 3 rings (SSSR count). The lowest BCUT2D eigenvalue weighted by molar-refractivity contribution is 0.0618. The SMILES string of the molecule is CC1(C)CC(=O)c2ccc(OCCN3CCCCC3)cc2O1. The van der Waals surface area contributed by atoms with Gasteiger partial charge in [0.05, 0.1) is 12.0 Å². The molecule has 0 unspecified atom stereocenters. The van der Waals surface area contributed by atoms with Crippen molar-refractivity contribution in [2.24, 2.45) is 0 Å². The van der Waals surface area contributed by atoms with Gasteiger partial charge in [-0.3, -0.25) is 9.69 Å². The maximum Gasteiger partial charge on any atom is 0.170 e. The number of carbonyl (C=O) groups is 1. The van der Waals surface area contributed by atoms with Gasteiger partial charge in [0.2, 0.25) is 0 Å². The molecule has 4 heteroatoms. The van der Waals surface area contributed by atoms with Gasteiger partial charge in [0.25, 0.3) is 0 Å². The third-order valence-corrected chi connectivity index (χ3v) is 4.35. The van der Waals surface area contributed by atoms with E-state index in [0.29, 0.717) is 24.3 Å². The first kappa shape index (κ1) is 15.3. The van der Waals surface area contributed by atoms with Gasteiger partial charge >= 0.3 is 0 Å². The van der Waals surface area contributed by atoms with Crippen LogP contribution in [-0.2, 0) is 0 Å². The van der Waals surface area contributed by atoms with Gasteiger partial charge in [0.15, 0.2) is 5.78 Å². The van der Waals surface area contributed by atoms with Crippen LogP contribution in [0.5, 0.6) is 11.5 Å². The number of piperidine rings is 1. The van der Waals surface area contributed by atoms with Gasteiger partial charge < -0.3 is 9.47 Å². The van der Waals surface area contributed by atoms with E-state index in [1.807, 2.05) is 32.0 Å². The van der Waals surface area contributed by atoms with Crippen LogP contribution in [0.4, 0.5) is 0 Å². The van der Waals surface area contributed by atoms with E-state index in [1.165, 1.54) is 32.4 Å². The number of Topliss-reactive ketones (excluding diaryl/α,β-unsaturated/α-hetero) is 1. The smallest absolute Gasteiger partial charge is 0.170 e. The van der Waals surface area contributed by atoms with Crippen molar-refractivity contribution in [3.05, 3.63) is 23.8 Å². The highest BCUT2D eigenvalue weighted by Gasteiger charge is 2.32. The molecule has 1 saturated heterocycles. The lowest BCUT2D eigenvalue weighted by Gasteiger charge is -2.31. The Morgan fingerprint density at radius 1 is 1.23 bits per heavy atom. The molecule has 2 aliphatic rings. The fraction of sp³-hybridized carbons (Fsp3) is 0.611. The zero-order valence-corrected chi connectivity index (χ0v) is 13.6. The maximum absolute atomic E-state index is 12.1. The quantitative estimate of drug-likeness (QED) is 0.855. The van der Waals surface area contributed by atoms with Crippen LogP contribution in [0.1, 0.15) is 49.9 Å². The molecule has 0 bridgehead atoms. The average Bonchev–Trinajstić information content (AvgIpc) is 2.47. The minimum absolute atomic E-state index is 0.145. The summed E-state index contributed by atoms with van der Waals surface area (Å²) >= 11 is 0. The molecule has 22 heavy (non-hydrogen) atoms. The van der Waals surface area contributed by atoms with Gasteiger partial charge in [-0.15, -0.1) is 0 Å². The average molecular weight is 303 g/mol. The Bertz CT molecular complexity index is 547. The van der Waals surface area contributed by atoms with E-state index < -0.39 is 5.60 Å². The van der Waals surface area contributed by atoms with Crippen LogP contribution in [0, 0.1) is 0 Å². The van der Waals surface area contributed by atoms with Crippen LogP contribution in [-0.4, -0.2) is 42.5 Å². The number of fused-ring (bicyclic) bond motifs is 1. The highest BCUT2D eigenvalue weighted by Crippen LogP contribution is 2.35. The van der Waals surface area contributed by atoms with Crippen LogP contribution in [0.2, 0.25) is 0 Å². The molecule has 0 aliphatic carbocycles. The van der Waals surface area contributed by atoms with Crippen molar-refractivity contribution < 1.29 is 14.3 Å². The van der Waals surface area contributed by atoms with Crippen molar-refractivity contribution in [1.82, 2.24) is 4.90 Å². The fourth-order valence-electron chi connectivity index (χ4n) is 3.20. The Labute approximate surface area is 132 Å². The van der Waals surface area contributed by atoms with Crippen LogP contribution >= 0.6 is 0 Å². The summed E-state index contributed by atoms with van der Waals surface area (Å²) < 4.78 is 11.8. The second kappa shape index (κ2) is 6.29. The van der Waals surface area contributed by atoms with Gasteiger partial charge in [0.1, 0.15) is 23.7 Å². The molecule has 0 amide bonds. The first-order valence-electron chi connectivity index (χ1n) is 8.25. The number of rotatable bonds is 4. The number of carbonyl (C=O) groups excluding carboxylic acids is 1. The molecule has 0 radical (unpaired) electrons. The highest BCUT2D eigenvalue weighted by molar-refractivity contribution is 6.00. The van der Waals surface area contributed by atoms with Crippen LogP contribution in [0.25, 0.3) is 0 Å². The zero-order valence-electron chi connectivity index (χ0n) is 13.6. The molecule has 1 aromatic carbocycles. The van der Waals surface area contributed by atoms with Gasteiger partial charge in [-0.2, -0.15) is 0 Å². The first-order chi connectivity index (χ1) is 10.5. The van der Waals surface area contributed by atoms with Crippen molar-refractivity contribution in [3.8, 4) is 11.5 Å². The monoisotopic (exact) mass is 303 g/mol. The number of hydrogen-bond donors (Lipinski definition) is 0. The van der Waals surface area contributed by atoms with E-state index in [2.05, 4.69) is 4.90 Å². The molecular formula is C18H25NO3. The topological polar surface area (TPSA) is 38.8 Å². The molecule has 0 atom stereocenters. The molecule has 2 aliphatic heterocycles. The Hall–Kier alpha value is -1.55. The number of benzene rings is 1. The second-order valence-corrected chi connectivity index (χ2v) is 6.87. The van der Waals surface area contributed by atoms with Crippen LogP contribution in [0.15, 0.2) is 18.2 Å². The Balaban J connectivity index is 1.60. The largest absolute Gasteiger partial charge is 0.492 e. The Kier molecular flexibility index (Phi) is 4.39. The standard InChI is InChI=1S/C18H25NO3/c1-18(2)13-16(20)15-7-6-14(12-17(15)22-18)21-11-10-19-8-4-3-5-9-19/h6-7,12H,3-5,8-11,13H2,1-2H3. The fourth-order valence-corrected chi connectivity index (χ4v) is 3.20. The summed E-state index contributed by atoms with van der Waals surface area (Å²) in [4.78, 5) is 14.6. The molecule has 0 spiro atoms. The molecule has 0 saturated carbocycles. The number of likely N-dealkylation sites (tertiary alicyclic amines) is 1. The van der Waals surface area contributed by atoms with E-state index in [9.17, 15) is 4.79 Å². The van der Waals surface area contributed by atoms with E-state index in [-0.39, 0.29) is 5.78 Å². The Morgan fingerprint density at radius 3 is 2.77 bits per heavy atom. The zero-order chi connectivity index (χ0) is 15.6. The molecule has 0 aromatic heterocycles. The normalized spacial score (nSPS) is 21.1. The lowest BCUT2D eigenvalue weighted by Crippen LogP contribution is -2.35. The van der Waals surface area contributed by atoms with Crippen LogP contribution in [0.3, 0.4) is 0 Å². The van der Waals surface area contributed by atoms with Gasteiger partial charge in [-0.05, 0) is 51.9 Å². The highest BCUT2D eigenvalue weighted by atomic mass is 16.5. The molecule has 1 fully saturated rings. The minimum atomic E-state index is -0.434. The first-order valence-corrected chi connectivity index (χ1v) is 8.25. The van der Waals surface area contributed by atoms with Crippen LogP contribution < -0.4 is 9.47 Å². The van der Waals surface area contributed by atoms with E-state index in [4.69, 9.17) is 9.47 Å². The van der Waals surface area contributed by atoms with Crippen molar-refractivity contribution in [2.75, 3.05) is 26.2 Å². The molecular weight excluding hydrogens is 278 g/mol. The van der Waals surface area contributed by atoms with Crippen molar-refractivity contribution in [1.29, 1.82) is 0 Å². The molecule has 0 N–H and O–H groups in total. The summed E-state index contributed by atoms with van der Waals surface area (Å²) in [5.74, 6) is 1.57. The van der Waals surface area contributed by atoms with Crippen molar-refractivity contribution in [2.45, 2.75) is 45.1 Å². The predicted octanol–water partition coefficient (Wildman–Crippen LogP) is 3.30. The maximum atomic E-state index is 12.1. The van der Waals surface area contributed by atoms with E-state index >= 15 is 0 Å². The number of nitrogens with zero attached hydrogens (tertiary/aromatic N) is 1.